The van der Waals surface area contributed by atoms with Gasteiger partial charge < -0.3 is 20.2 Å². The molecule has 26 heavy (non-hydrogen) atoms. The Morgan fingerprint density at radius 1 is 1.23 bits per heavy atom. The van der Waals surface area contributed by atoms with Crippen LogP contribution < -0.4 is 10.6 Å². The van der Waals surface area contributed by atoms with Crippen molar-refractivity contribution in [2.24, 2.45) is 0 Å². The summed E-state index contributed by atoms with van der Waals surface area (Å²) in [6.07, 6.45) is 1.78. The Morgan fingerprint density at radius 2 is 2.04 bits per heavy atom. The number of anilines is 1. The highest BCUT2D eigenvalue weighted by molar-refractivity contribution is 7.99. The van der Waals surface area contributed by atoms with Crippen LogP contribution in [0.5, 0.6) is 0 Å². The minimum absolute atomic E-state index is 0.159. The van der Waals surface area contributed by atoms with Gasteiger partial charge in [0.15, 0.2) is 5.76 Å². The maximum Gasteiger partial charge on any atom is 0.330 e. The van der Waals surface area contributed by atoms with E-state index in [-0.39, 0.29) is 11.3 Å². The largest absolute Gasteiger partial charge is 0.479 e. The molecule has 0 saturated carbocycles. The lowest BCUT2D eigenvalue weighted by molar-refractivity contribution is -0.143. The number of carboxylic acid groups (broad SMARTS) is 1. The third-order valence-electron chi connectivity index (χ3n) is 4.28. The van der Waals surface area contributed by atoms with Gasteiger partial charge >= 0.3 is 5.97 Å². The van der Waals surface area contributed by atoms with Crippen LogP contribution in [-0.4, -0.2) is 39.9 Å². The summed E-state index contributed by atoms with van der Waals surface area (Å²) < 4.78 is 5.05. The summed E-state index contributed by atoms with van der Waals surface area (Å²) >= 11 is 1.50. The van der Waals surface area contributed by atoms with Gasteiger partial charge in [-0.25, -0.2) is 4.79 Å². The lowest BCUT2D eigenvalue weighted by Crippen LogP contribution is -2.54. The van der Waals surface area contributed by atoms with Crippen molar-refractivity contribution in [2.75, 3.05) is 16.8 Å². The van der Waals surface area contributed by atoms with E-state index in [1.165, 1.54) is 30.2 Å². The molecule has 0 radical (unpaired) electrons. The molecule has 8 heteroatoms. The fourth-order valence-corrected chi connectivity index (χ4v) is 3.99. The van der Waals surface area contributed by atoms with E-state index in [1.807, 2.05) is 0 Å². The smallest absolute Gasteiger partial charge is 0.330 e. The number of furan rings is 1. The SMILES string of the molecule is Cc1ccc(C(=O)NC2(C(=O)O)CCSC2)cc1NC(=O)c1ccco1. The molecule has 1 aromatic heterocycles. The molecule has 0 spiro atoms. The maximum atomic E-state index is 12.6. The molecule has 2 heterocycles. The summed E-state index contributed by atoms with van der Waals surface area (Å²) in [5, 5.41) is 14.8. The summed E-state index contributed by atoms with van der Waals surface area (Å²) in [7, 11) is 0. The summed E-state index contributed by atoms with van der Waals surface area (Å²) in [4.78, 5) is 36.3. The van der Waals surface area contributed by atoms with Crippen molar-refractivity contribution in [3.05, 3.63) is 53.5 Å². The Morgan fingerprint density at radius 3 is 2.65 bits per heavy atom. The number of carbonyl (C=O) groups is 3. The van der Waals surface area contributed by atoms with Gasteiger partial charge in [0.2, 0.25) is 0 Å². The maximum absolute atomic E-state index is 12.6. The van der Waals surface area contributed by atoms with Gasteiger partial charge in [0.25, 0.3) is 11.8 Å². The number of carbonyl (C=O) groups excluding carboxylic acids is 2. The van der Waals surface area contributed by atoms with E-state index in [1.54, 1.807) is 25.1 Å². The highest BCUT2D eigenvalue weighted by atomic mass is 32.2. The molecule has 1 unspecified atom stereocenters. The quantitative estimate of drug-likeness (QED) is 0.742. The highest BCUT2D eigenvalue weighted by Gasteiger charge is 2.43. The van der Waals surface area contributed by atoms with E-state index in [2.05, 4.69) is 10.6 Å². The Hall–Kier alpha value is -2.74. The van der Waals surface area contributed by atoms with E-state index in [4.69, 9.17) is 4.42 Å². The van der Waals surface area contributed by atoms with Crippen molar-refractivity contribution in [1.82, 2.24) is 5.32 Å². The molecule has 1 aliphatic rings. The predicted molar refractivity (Wildman–Crippen MR) is 97.6 cm³/mol. The second-order valence-corrected chi connectivity index (χ2v) is 7.21. The van der Waals surface area contributed by atoms with Crippen LogP contribution in [0, 0.1) is 6.92 Å². The van der Waals surface area contributed by atoms with Crippen LogP contribution in [0.4, 0.5) is 5.69 Å². The molecule has 136 valence electrons. The van der Waals surface area contributed by atoms with E-state index in [0.29, 0.717) is 23.6 Å². The summed E-state index contributed by atoms with van der Waals surface area (Å²) in [6.45, 7) is 1.80. The summed E-state index contributed by atoms with van der Waals surface area (Å²) in [5.74, 6) is -0.762. The molecule has 1 fully saturated rings. The molecule has 2 aromatic rings. The molecule has 1 aromatic carbocycles. The number of hydrogen-bond donors (Lipinski definition) is 3. The van der Waals surface area contributed by atoms with Gasteiger partial charge in [0.1, 0.15) is 5.54 Å². The fourth-order valence-electron chi connectivity index (χ4n) is 2.66. The average molecular weight is 374 g/mol. The first kappa shape index (κ1) is 18.1. The second kappa shape index (κ2) is 7.25. The van der Waals surface area contributed by atoms with Gasteiger partial charge in [-0.1, -0.05) is 6.07 Å². The summed E-state index contributed by atoms with van der Waals surface area (Å²) in [5.41, 5.74) is 0.266. The first-order valence-corrected chi connectivity index (χ1v) is 9.16. The van der Waals surface area contributed by atoms with Crippen molar-refractivity contribution < 1.29 is 23.9 Å². The molecule has 2 amide bonds. The van der Waals surface area contributed by atoms with Crippen molar-refractivity contribution >= 4 is 35.2 Å². The molecule has 3 N–H and O–H groups in total. The zero-order valence-corrected chi connectivity index (χ0v) is 14.9. The van der Waals surface area contributed by atoms with E-state index in [0.717, 1.165) is 5.56 Å². The monoisotopic (exact) mass is 374 g/mol. The molecule has 0 aliphatic carbocycles. The molecule has 1 saturated heterocycles. The Labute approximate surface area is 154 Å². The van der Waals surface area contributed by atoms with E-state index >= 15 is 0 Å². The van der Waals surface area contributed by atoms with Gasteiger partial charge in [-0.2, -0.15) is 11.8 Å². The highest BCUT2D eigenvalue weighted by Crippen LogP contribution is 2.29. The van der Waals surface area contributed by atoms with Crippen molar-refractivity contribution in [2.45, 2.75) is 18.9 Å². The van der Waals surface area contributed by atoms with Crippen molar-refractivity contribution in [3.63, 3.8) is 0 Å². The zero-order chi connectivity index (χ0) is 18.7. The lowest BCUT2D eigenvalue weighted by Gasteiger charge is -2.24. The third-order valence-corrected chi connectivity index (χ3v) is 5.47. The number of thioether (sulfide) groups is 1. The average Bonchev–Trinajstić information content (AvgIpc) is 3.29. The summed E-state index contributed by atoms with van der Waals surface area (Å²) in [6, 6.07) is 7.98. The molecule has 0 bridgehead atoms. The van der Waals surface area contributed by atoms with Crippen molar-refractivity contribution in [3.8, 4) is 0 Å². The number of amides is 2. The number of nitrogens with one attached hydrogen (secondary N) is 2. The minimum Gasteiger partial charge on any atom is -0.479 e. The Kier molecular flexibility index (Phi) is 5.03. The van der Waals surface area contributed by atoms with Crippen LogP contribution in [0.15, 0.2) is 41.0 Å². The fraction of sp³-hybridized carbons (Fsp3) is 0.278. The van der Waals surface area contributed by atoms with E-state index < -0.39 is 23.3 Å². The first-order chi connectivity index (χ1) is 12.4. The standard InChI is InChI=1S/C18H18N2O5S/c1-11-4-5-12(9-13(11)19-16(22)14-3-2-7-25-14)15(21)20-18(17(23)24)6-8-26-10-18/h2-5,7,9H,6,8,10H2,1H3,(H,19,22)(H,20,21)(H,23,24). The molecule has 1 aliphatic heterocycles. The van der Waals surface area contributed by atoms with Gasteiger partial charge in [-0.3, -0.25) is 9.59 Å². The molecule has 3 rings (SSSR count). The Bertz CT molecular complexity index is 841. The first-order valence-electron chi connectivity index (χ1n) is 8.00. The van der Waals surface area contributed by atoms with Gasteiger partial charge in [0.05, 0.1) is 6.26 Å². The second-order valence-electron chi connectivity index (χ2n) is 6.11. The molecular formula is C18H18N2O5S. The van der Waals surface area contributed by atoms with Gasteiger partial charge in [-0.15, -0.1) is 0 Å². The van der Waals surface area contributed by atoms with Crippen LogP contribution >= 0.6 is 11.8 Å². The minimum atomic E-state index is -1.25. The predicted octanol–water partition coefficient (Wildman–Crippen LogP) is 2.53. The van der Waals surface area contributed by atoms with Crippen LogP contribution in [0.1, 0.15) is 32.9 Å². The molecule has 1 atom stereocenters. The zero-order valence-electron chi connectivity index (χ0n) is 14.1. The number of aliphatic carboxylic acids is 1. The number of rotatable bonds is 5. The van der Waals surface area contributed by atoms with Crippen LogP contribution in [0.2, 0.25) is 0 Å². The van der Waals surface area contributed by atoms with Crippen molar-refractivity contribution in [1.29, 1.82) is 0 Å². The third kappa shape index (κ3) is 3.60. The molecule has 7 nitrogen and oxygen atoms in total. The number of carboxylic acids is 1. The van der Waals surface area contributed by atoms with Crippen LogP contribution in [0.25, 0.3) is 0 Å². The van der Waals surface area contributed by atoms with Crippen LogP contribution in [0.3, 0.4) is 0 Å². The normalized spacial score (nSPS) is 19.1. The van der Waals surface area contributed by atoms with E-state index in [9.17, 15) is 19.5 Å². The lowest BCUT2D eigenvalue weighted by atomic mass is 9.98. The Balaban J connectivity index is 1.79. The topological polar surface area (TPSA) is 109 Å². The van der Waals surface area contributed by atoms with Gasteiger partial charge in [-0.05, 0) is 48.9 Å². The molecular weight excluding hydrogens is 356 g/mol. The number of hydrogen-bond acceptors (Lipinski definition) is 5. The van der Waals surface area contributed by atoms with Gasteiger partial charge in [0, 0.05) is 17.0 Å². The number of benzene rings is 1. The number of aryl methyl sites for hydroxylation is 1. The van der Waals surface area contributed by atoms with Crippen LogP contribution in [-0.2, 0) is 4.79 Å².